The smallest absolute Gasteiger partial charge is 0.236 e. The summed E-state index contributed by atoms with van der Waals surface area (Å²) in [6, 6.07) is 0. The fourth-order valence-corrected chi connectivity index (χ4v) is 1.63. The average Bonchev–Trinajstić information content (AvgIpc) is 2.29. The Kier molecular flexibility index (Phi) is 3.12. The predicted octanol–water partition coefficient (Wildman–Crippen LogP) is 1.81. The molecule has 0 unspecified atom stereocenters. The van der Waals surface area contributed by atoms with E-state index < -0.39 is 0 Å². The van der Waals surface area contributed by atoms with Gasteiger partial charge in [0.25, 0.3) is 5.82 Å². The van der Waals surface area contributed by atoms with Gasteiger partial charge in [0, 0.05) is 0 Å². The Morgan fingerprint density at radius 1 is 1.64 bits per heavy atom. The van der Waals surface area contributed by atoms with Crippen LogP contribution in [-0.4, -0.2) is 3.59 Å². The second-order valence-corrected chi connectivity index (χ2v) is 3.50. The third-order valence-electron chi connectivity index (χ3n) is 1.83. The lowest BCUT2D eigenvalue weighted by molar-refractivity contribution is -0.678. The van der Waals surface area contributed by atoms with Crippen LogP contribution in [-0.2, 0) is 13.5 Å². The fraction of sp³-hybridized carbons (Fsp3) is 0.625. The number of unbranched alkanes of at least 4 members (excludes halogenated alkanes) is 1. The van der Waals surface area contributed by atoms with Gasteiger partial charge < -0.3 is 0 Å². The summed E-state index contributed by atoms with van der Waals surface area (Å²) in [5.41, 5.74) is 0. The van der Waals surface area contributed by atoms with Gasteiger partial charge >= 0.3 is 0 Å². The molecule has 1 aromatic rings. The molecule has 0 N–H and O–H groups in total. The van der Waals surface area contributed by atoms with Crippen molar-refractivity contribution >= 4 is 16.1 Å². The van der Waals surface area contributed by atoms with E-state index in [1.807, 2.05) is 9.79 Å². The summed E-state index contributed by atoms with van der Waals surface area (Å²) in [7, 11) is 2.07. The van der Waals surface area contributed by atoms with Crippen LogP contribution in [0.4, 0.5) is 0 Å². The Balaban J connectivity index is 2.67. The van der Waals surface area contributed by atoms with Crippen molar-refractivity contribution in [2.24, 2.45) is 7.05 Å². The van der Waals surface area contributed by atoms with E-state index in [9.17, 15) is 0 Å². The van der Waals surface area contributed by atoms with Crippen LogP contribution < -0.4 is 4.57 Å². The van der Waals surface area contributed by atoms with Crippen LogP contribution in [0.5, 0.6) is 0 Å². The quantitative estimate of drug-likeness (QED) is 0.684. The average molecular weight is 218 g/mol. The van der Waals surface area contributed by atoms with Crippen molar-refractivity contribution in [3.63, 3.8) is 0 Å². The standard InChI is InChI=1S/C8H14BrN2/c1-3-4-5-8-10(2)6-7-11(8)9/h6-7H,3-5H2,1-2H3/q+1. The number of rotatable bonds is 3. The number of hydrogen-bond donors (Lipinski definition) is 0. The highest BCUT2D eigenvalue weighted by Gasteiger charge is 2.10. The van der Waals surface area contributed by atoms with Gasteiger partial charge in [0.1, 0.15) is 12.4 Å². The van der Waals surface area contributed by atoms with Crippen LogP contribution in [0.3, 0.4) is 0 Å². The Bertz CT molecular complexity index is 210. The van der Waals surface area contributed by atoms with E-state index in [1.165, 1.54) is 18.7 Å². The van der Waals surface area contributed by atoms with Crippen molar-refractivity contribution < 1.29 is 4.57 Å². The largest absolute Gasteiger partial charge is 0.267 e. The number of nitrogens with zero attached hydrogens (tertiary/aromatic N) is 2. The molecule has 1 aromatic heterocycles. The summed E-state index contributed by atoms with van der Waals surface area (Å²) >= 11 is 3.44. The van der Waals surface area contributed by atoms with Crippen LogP contribution in [0, 0.1) is 0 Å². The minimum absolute atomic E-state index is 1.14. The molecule has 1 heterocycles. The number of halogens is 1. The lowest BCUT2D eigenvalue weighted by Gasteiger charge is -1.94. The molecule has 0 aliphatic heterocycles. The number of imidazole rings is 1. The van der Waals surface area contributed by atoms with Gasteiger partial charge in [-0.15, -0.1) is 0 Å². The first kappa shape index (κ1) is 8.78. The van der Waals surface area contributed by atoms with Crippen LogP contribution >= 0.6 is 16.1 Å². The highest BCUT2D eigenvalue weighted by Crippen LogP contribution is 2.03. The minimum Gasteiger partial charge on any atom is -0.236 e. The second-order valence-electron chi connectivity index (χ2n) is 2.74. The van der Waals surface area contributed by atoms with E-state index in [-0.39, 0.29) is 0 Å². The zero-order valence-corrected chi connectivity index (χ0v) is 8.63. The van der Waals surface area contributed by atoms with Crippen molar-refractivity contribution in [3.8, 4) is 0 Å². The molecule has 1 rings (SSSR count). The Hall–Kier alpha value is -0.310. The van der Waals surface area contributed by atoms with Gasteiger partial charge in [-0.25, -0.2) is 4.57 Å². The van der Waals surface area contributed by atoms with Gasteiger partial charge in [-0.1, -0.05) is 13.3 Å². The summed E-state index contributed by atoms with van der Waals surface area (Å²) in [6.07, 6.45) is 7.72. The Labute approximate surface area is 76.2 Å². The summed E-state index contributed by atoms with van der Waals surface area (Å²) in [4.78, 5) is 0. The van der Waals surface area contributed by atoms with Crippen molar-refractivity contribution in [2.45, 2.75) is 26.2 Å². The van der Waals surface area contributed by atoms with Crippen LogP contribution in [0.1, 0.15) is 25.6 Å². The molecule has 0 saturated carbocycles. The zero-order chi connectivity index (χ0) is 8.27. The molecular weight excluding hydrogens is 204 g/mol. The van der Waals surface area contributed by atoms with Gasteiger partial charge in [-0.3, -0.25) is 0 Å². The van der Waals surface area contributed by atoms with E-state index in [0.717, 1.165) is 6.42 Å². The lowest BCUT2D eigenvalue weighted by Crippen LogP contribution is -2.31. The fourth-order valence-electron chi connectivity index (χ4n) is 1.10. The zero-order valence-electron chi connectivity index (χ0n) is 7.05. The second kappa shape index (κ2) is 3.90. The van der Waals surface area contributed by atoms with Gasteiger partial charge in [-0.05, 0) is 6.42 Å². The molecule has 62 valence electrons. The molecule has 0 atom stereocenters. The van der Waals surface area contributed by atoms with E-state index >= 15 is 0 Å². The number of aromatic nitrogens is 2. The minimum atomic E-state index is 1.14. The third kappa shape index (κ3) is 2.06. The topological polar surface area (TPSA) is 8.81 Å². The van der Waals surface area contributed by atoms with Crippen molar-refractivity contribution in [2.75, 3.05) is 0 Å². The maximum absolute atomic E-state index is 3.44. The SMILES string of the molecule is CCCCc1n(Br)cc[n+]1C. The van der Waals surface area contributed by atoms with Crippen LogP contribution in [0.25, 0.3) is 0 Å². The molecule has 0 aliphatic carbocycles. The Morgan fingerprint density at radius 2 is 2.36 bits per heavy atom. The monoisotopic (exact) mass is 217 g/mol. The molecule has 0 fully saturated rings. The van der Waals surface area contributed by atoms with E-state index in [0.29, 0.717) is 0 Å². The number of aryl methyl sites for hydroxylation is 1. The molecule has 3 heteroatoms. The molecular formula is C8H14BrN2+. The summed E-state index contributed by atoms with van der Waals surface area (Å²) in [5.74, 6) is 1.33. The van der Waals surface area contributed by atoms with Crippen LogP contribution in [0.15, 0.2) is 12.4 Å². The van der Waals surface area contributed by atoms with Gasteiger partial charge in [0.15, 0.2) is 16.1 Å². The summed E-state index contributed by atoms with van der Waals surface area (Å²) < 4.78 is 4.15. The van der Waals surface area contributed by atoms with Gasteiger partial charge in [0.2, 0.25) is 0 Å². The third-order valence-corrected chi connectivity index (χ3v) is 2.47. The first-order chi connectivity index (χ1) is 5.25. The first-order valence-corrected chi connectivity index (χ1v) is 4.68. The molecule has 0 saturated heterocycles. The van der Waals surface area contributed by atoms with Gasteiger partial charge in [-0.2, -0.15) is 3.59 Å². The van der Waals surface area contributed by atoms with Gasteiger partial charge in [0.05, 0.1) is 13.5 Å². The lowest BCUT2D eigenvalue weighted by atomic mass is 10.2. The van der Waals surface area contributed by atoms with E-state index in [4.69, 9.17) is 0 Å². The summed E-state index contributed by atoms with van der Waals surface area (Å²) in [6.45, 7) is 2.21. The van der Waals surface area contributed by atoms with Crippen molar-refractivity contribution in [1.29, 1.82) is 0 Å². The maximum atomic E-state index is 3.44. The molecule has 0 radical (unpaired) electrons. The van der Waals surface area contributed by atoms with E-state index in [1.54, 1.807) is 0 Å². The molecule has 11 heavy (non-hydrogen) atoms. The maximum Gasteiger partial charge on any atom is 0.267 e. The van der Waals surface area contributed by atoms with Crippen molar-refractivity contribution in [3.05, 3.63) is 18.2 Å². The van der Waals surface area contributed by atoms with Crippen LogP contribution in [0.2, 0.25) is 0 Å². The predicted molar refractivity (Wildman–Crippen MR) is 48.5 cm³/mol. The molecule has 0 amide bonds. The Morgan fingerprint density at radius 3 is 2.82 bits per heavy atom. The molecule has 0 aliphatic rings. The summed E-state index contributed by atoms with van der Waals surface area (Å²) in [5, 5.41) is 0. The molecule has 0 spiro atoms. The van der Waals surface area contributed by atoms with E-state index in [2.05, 4.69) is 40.9 Å². The highest BCUT2D eigenvalue weighted by molar-refractivity contribution is 9.08. The van der Waals surface area contributed by atoms with Crippen molar-refractivity contribution in [1.82, 2.24) is 3.59 Å². The normalized spacial score (nSPS) is 10.5. The first-order valence-electron chi connectivity index (χ1n) is 3.97. The highest BCUT2D eigenvalue weighted by atomic mass is 79.9. The molecule has 0 bridgehead atoms. The number of hydrogen-bond acceptors (Lipinski definition) is 0. The molecule has 0 aromatic carbocycles. The molecule has 2 nitrogen and oxygen atoms in total.